The Morgan fingerprint density at radius 2 is 1.96 bits per heavy atom. The number of phenols is 1. The average Bonchev–Trinajstić information content (AvgIpc) is 2.79. The number of esters is 2. The van der Waals surface area contributed by atoms with Crippen LogP contribution in [-0.2, 0) is 19.1 Å². The van der Waals surface area contributed by atoms with E-state index in [4.69, 9.17) is 9.84 Å². The van der Waals surface area contributed by atoms with Gasteiger partial charge in [0.15, 0.2) is 12.2 Å². The molecule has 4 unspecified atom stereocenters. The molecule has 0 aromatic heterocycles. The van der Waals surface area contributed by atoms with E-state index in [-0.39, 0.29) is 5.75 Å². The molecule has 0 radical (unpaired) electrons. The van der Waals surface area contributed by atoms with Crippen LogP contribution in [0.25, 0.3) is 6.08 Å². The minimum Gasteiger partial charge on any atom is -0.508 e. The van der Waals surface area contributed by atoms with Gasteiger partial charge in [-0.25, -0.2) is 9.59 Å². The number of benzene rings is 1. The Morgan fingerprint density at radius 3 is 2.52 bits per heavy atom. The van der Waals surface area contributed by atoms with Crippen molar-refractivity contribution >= 4 is 18.0 Å². The van der Waals surface area contributed by atoms with Gasteiger partial charge in [-0.3, -0.25) is 0 Å². The third-order valence-electron chi connectivity index (χ3n) is 3.23. The van der Waals surface area contributed by atoms with Crippen molar-refractivity contribution in [1.29, 1.82) is 0 Å². The summed E-state index contributed by atoms with van der Waals surface area (Å²) in [7, 11) is 0. The zero-order chi connectivity index (χ0) is 17.0. The topological polar surface area (TPSA) is 134 Å². The lowest BCUT2D eigenvalue weighted by Crippen LogP contribution is -2.41. The summed E-state index contributed by atoms with van der Waals surface area (Å²) in [6.45, 7) is -0.513. The number of ether oxygens (including phenoxy) is 2. The molecule has 1 fully saturated rings. The Bertz CT molecular complexity index is 594. The number of hydrogen-bond acceptors (Lipinski definition) is 8. The maximum Gasteiger partial charge on any atom is 0.338 e. The summed E-state index contributed by atoms with van der Waals surface area (Å²) in [5.74, 6) is -1.70. The molecule has 4 atom stereocenters. The van der Waals surface area contributed by atoms with Crippen LogP contribution in [0.2, 0.25) is 0 Å². The molecule has 0 spiro atoms. The van der Waals surface area contributed by atoms with Gasteiger partial charge in [0.25, 0.3) is 0 Å². The number of carbonyl (C=O) groups is 2. The van der Waals surface area contributed by atoms with E-state index < -0.39 is 43.0 Å². The summed E-state index contributed by atoms with van der Waals surface area (Å²) in [4.78, 5) is 22.6. The fourth-order valence-corrected chi connectivity index (χ4v) is 1.96. The van der Waals surface area contributed by atoms with Crippen LogP contribution < -0.4 is 0 Å². The van der Waals surface area contributed by atoms with E-state index in [1.165, 1.54) is 18.2 Å². The molecule has 8 nitrogen and oxygen atoms in total. The van der Waals surface area contributed by atoms with E-state index in [1.54, 1.807) is 12.1 Å². The summed E-state index contributed by atoms with van der Waals surface area (Å²) in [6.07, 6.45) is -3.56. The molecule has 1 aromatic carbocycles. The number of carbonyl (C=O) groups excluding carboxylic acids is 2. The molecule has 23 heavy (non-hydrogen) atoms. The van der Waals surface area contributed by atoms with Crippen LogP contribution in [0.3, 0.4) is 0 Å². The van der Waals surface area contributed by atoms with Crippen molar-refractivity contribution in [3.63, 3.8) is 0 Å². The average molecular weight is 324 g/mol. The SMILES string of the molecule is O=C(C=Cc1ccc(O)cc1)OCC(O)C1OC(=O)C(O)C1O. The third-order valence-corrected chi connectivity index (χ3v) is 3.23. The predicted octanol–water partition coefficient (Wildman–Crippen LogP) is -1.04. The number of hydrogen-bond donors (Lipinski definition) is 4. The van der Waals surface area contributed by atoms with Crippen LogP contribution in [0.5, 0.6) is 5.75 Å². The maximum absolute atomic E-state index is 11.5. The predicted molar refractivity (Wildman–Crippen MR) is 76.0 cm³/mol. The second-order valence-corrected chi connectivity index (χ2v) is 4.96. The number of aliphatic hydroxyl groups excluding tert-OH is 3. The quantitative estimate of drug-likeness (QED) is 0.398. The molecule has 1 heterocycles. The first-order valence-corrected chi connectivity index (χ1v) is 6.77. The minimum atomic E-state index is -1.72. The lowest BCUT2D eigenvalue weighted by molar-refractivity contribution is -0.154. The van der Waals surface area contributed by atoms with E-state index in [1.807, 2.05) is 0 Å². The van der Waals surface area contributed by atoms with Crippen molar-refractivity contribution in [3.05, 3.63) is 35.9 Å². The molecule has 124 valence electrons. The Morgan fingerprint density at radius 1 is 1.30 bits per heavy atom. The van der Waals surface area contributed by atoms with Crippen molar-refractivity contribution < 1.29 is 39.5 Å². The van der Waals surface area contributed by atoms with Crippen LogP contribution in [0, 0.1) is 0 Å². The standard InChI is InChI=1S/C15H16O8/c16-9-4-1-8(2-5-9)3-6-11(18)22-7-10(17)14-12(19)13(20)15(21)23-14/h1-6,10,12-14,16-17,19-20H,7H2. The highest BCUT2D eigenvalue weighted by Crippen LogP contribution is 2.19. The fourth-order valence-electron chi connectivity index (χ4n) is 1.96. The monoisotopic (exact) mass is 324 g/mol. The molecule has 0 aliphatic carbocycles. The van der Waals surface area contributed by atoms with Crippen LogP contribution in [0.1, 0.15) is 5.56 Å². The number of cyclic esters (lactones) is 1. The van der Waals surface area contributed by atoms with Gasteiger partial charge < -0.3 is 29.9 Å². The molecule has 4 N–H and O–H groups in total. The molecule has 8 heteroatoms. The van der Waals surface area contributed by atoms with Gasteiger partial charge >= 0.3 is 11.9 Å². The summed E-state index contributed by atoms with van der Waals surface area (Å²) in [5.41, 5.74) is 0.656. The van der Waals surface area contributed by atoms with Crippen LogP contribution in [0.4, 0.5) is 0 Å². The highest BCUT2D eigenvalue weighted by atomic mass is 16.6. The van der Waals surface area contributed by atoms with Gasteiger partial charge in [-0.05, 0) is 23.8 Å². The van der Waals surface area contributed by atoms with Gasteiger partial charge in [0.1, 0.15) is 24.6 Å². The Balaban J connectivity index is 1.82. The van der Waals surface area contributed by atoms with Gasteiger partial charge in [0.2, 0.25) is 0 Å². The van der Waals surface area contributed by atoms with Gasteiger partial charge in [-0.15, -0.1) is 0 Å². The maximum atomic E-state index is 11.5. The normalized spacial score (nSPS) is 25.3. The van der Waals surface area contributed by atoms with E-state index >= 15 is 0 Å². The first kappa shape index (κ1) is 16.9. The smallest absolute Gasteiger partial charge is 0.338 e. The van der Waals surface area contributed by atoms with Crippen molar-refractivity contribution in [2.75, 3.05) is 6.61 Å². The van der Waals surface area contributed by atoms with E-state index in [9.17, 15) is 24.9 Å². The molecular weight excluding hydrogens is 308 g/mol. The third kappa shape index (κ3) is 4.28. The van der Waals surface area contributed by atoms with E-state index in [0.717, 1.165) is 6.08 Å². The highest BCUT2D eigenvalue weighted by molar-refractivity contribution is 5.87. The van der Waals surface area contributed by atoms with E-state index in [2.05, 4.69) is 4.74 Å². The molecule has 0 saturated carbocycles. The fraction of sp³-hybridized carbons (Fsp3) is 0.333. The van der Waals surface area contributed by atoms with Crippen molar-refractivity contribution in [3.8, 4) is 5.75 Å². The van der Waals surface area contributed by atoms with Crippen molar-refractivity contribution in [2.45, 2.75) is 24.4 Å². The summed E-state index contributed by atoms with van der Waals surface area (Å²) in [5, 5.41) is 37.6. The minimum absolute atomic E-state index is 0.0969. The van der Waals surface area contributed by atoms with Crippen LogP contribution >= 0.6 is 0 Å². The molecule has 2 rings (SSSR count). The molecule has 1 aliphatic heterocycles. The summed E-state index contributed by atoms with van der Waals surface area (Å²) >= 11 is 0. The molecule has 1 saturated heterocycles. The highest BCUT2D eigenvalue weighted by Gasteiger charge is 2.46. The Labute approximate surface area is 131 Å². The Kier molecular flexibility index (Phi) is 5.32. The molecule has 0 amide bonds. The largest absolute Gasteiger partial charge is 0.508 e. The summed E-state index contributed by atoms with van der Waals surface area (Å²) in [6, 6.07) is 6.08. The zero-order valence-corrected chi connectivity index (χ0v) is 11.9. The lowest BCUT2D eigenvalue weighted by Gasteiger charge is -2.19. The van der Waals surface area contributed by atoms with Gasteiger partial charge in [0.05, 0.1) is 0 Å². The summed E-state index contributed by atoms with van der Waals surface area (Å²) < 4.78 is 9.37. The lowest BCUT2D eigenvalue weighted by atomic mass is 10.1. The van der Waals surface area contributed by atoms with Crippen molar-refractivity contribution in [2.24, 2.45) is 0 Å². The number of aliphatic hydroxyl groups is 3. The molecule has 0 bridgehead atoms. The van der Waals surface area contributed by atoms with Crippen molar-refractivity contribution in [1.82, 2.24) is 0 Å². The second-order valence-electron chi connectivity index (χ2n) is 4.96. The number of phenolic OH excluding ortho intramolecular Hbond substituents is 1. The van der Waals surface area contributed by atoms with E-state index in [0.29, 0.717) is 5.56 Å². The van der Waals surface area contributed by atoms with Crippen LogP contribution in [-0.4, -0.2) is 63.4 Å². The van der Waals surface area contributed by atoms with Gasteiger partial charge in [0, 0.05) is 6.08 Å². The second kappa shape index (κ2) is 7.23. The number of aromatic hydroxyl groups is 1. The zero-order valence-electron chi connectivity index (χ0n) is 11.9. The molecule has 1 aromatic rings. The molecular formula is C15H16O8. The van der Waals surface area contributed by atoms with Gasteiger partial charge in [-0.2, -0.15) is 0 Å². The first-order chi connectivity index (χ1) is 10.9. The Hall–Kier alpha value is -2.42. The van der Waals surface area contributed by atoms with Crippen LogP contribution in [0.15, 0.2) is 30.3 Å². The van der Waals surface area contributed by atoms with Gasteiger partial charge in [-0.1, -0.05) is 12.1 Å². The number of rotatable bonds is 5. The first-order valence-electron chi connectivity index (χ1n) is 6.77. The molecule has 1 aliphatic rings.